The zero-order chi connectivity index (χ0) is 24.9. The number of carboxylic acid groups (broad SMARTS) is 1. The van der Waals surface area contributed by atoms with Gasteiger partial charge < -0.3 is 20.5 Å². The van der Waals surface area contributed by atoms with Crippen molar-refractivity contribution in [2.75, 3.05) is 11.9 Å². The molecule has 1 atom stereocenters. The van der Waals surface area contributed by atoms with Crippen molar-refractivity contribution >= 4 is 23.7 Å². The Morgan fingerprint density at radius 2 is 1.57 bits per heavy atom. The smallest absolute Gasteiger partial charge is 0.407 e. The van der Waals surface area contributed by atoms with Crippen molar-refractivity contribution in [2.45, 2.75) is 24.8 Å². The summed E-state index contributed by atoms with van der Waals surface area (Å²) in [6.45, 7) is -0.000278. The highest BCUT2D eigenvalue weighted by Gasteiger charge is 2.30. The zero-order valence-corrected chi connectivity index (χ0v) is 18.5. The summed E-state index contributed by atoms with van der Waals surface area (Å²) in [7, 11) is 0. The standard InChI is InChI=1S/C26H22F2N2O5/c27-15-9-10-22(21(28)13-15)29-25(33)23(11-12-24(31)32)30-26(34)35-14-20-18-7-3-1-5-16(18)17-6-2-4-8-19(17)20/h1-10,13,20,23H,11-12,14H2,(H,29,33)(H,30,34)(H,31,32). The molecule has 0 saturated heterocycles. The van der Waals surface area contributed by atoms with Crippen LogP contribution in [-0.2, 0) is 14.3 Å². The van der Waals surface area contributed by atoms with Gasteiger partial charge >= 0.3 is 12.1 Å². The number of amides is 2. The van der Waals surface area contributed by atoms with Gasteiger partial charge in [0, 0.05) is 18.4 Å². The predicted molar refractivity (Wildman–Crippen MR) is 124 cm³/mol. The van der Waals surface area contributed by atoms with Crippen LogP contribution < -0.4 is 10.6 Å². The number of halogens is 2. The molecule has 3 aromatic rings. The van der Waals surface area contributed by atoms with Crippen LogP contribution >= 0.6 is 0 Å². The summed E-state index contributed by atoms with van der Waals surface area (Å²) in [6.07, 6.45) is -1.60. The summed E-state index contributed by atoms with van der Waals surface area (Å²) >= 11 is 0. The Morgan fingerprint density at radius 1 is 0.943 bits per heavy atom. The number of hydrogen-bond acceptors (Lipinski definition) is 4. The van der Waals surface area contributed by atoms with Crippen LogP contribution in [0.1, 0.15) is 29.9 Å². The second-order valence-electron chi connectivity index (χ2n) is 8.07. The molecular weight excluding hydrogens is 458 g/mol. The molecule has 1 unspecified atom stereocenters. The number of benzene rings is 3. The molecule has 4 rings (SSSR count). The van der Waals surface area contributed by atoms with Crippen LogP contribution in [0.5, 0.6) is 0 Å². The lowest BCUT2D eigenvalue weighted by Crippen LogP contribution is -2.44. The van der Waals surface area contributed by atoms with Gasteiger partial charge in [-0.25, -0.2) is 13.6 Å². The Bertz CT molecular complexity index is 1230. The Morgan fingerprint density at radius 3 is 2.17 bits per heavy atom. The second-order valence-corrected chi connectivity index (χ2v) is 8.07. The lowest BCUT2D eigenvalue weighted by molar-refractivity contribution is -0.137. The number of carbonyl (C=O) groups excluding carboxylic acids is 2. The van der Waals surface area contributed by atoms with Gasteiger partial charge in [-0.1, -0.05) is 48.5 Å². The fourth-order valence-corrected chi connectivity index (χ4v) is 4.13. The van der Waals surface area contributed by atoms with E-state index in [9.17, 15) is 23.2 Å². The Kier molecular flexibility index (Phi) is 7.05. The fraction of sp³-hybridized carbons (Fsp3) is 0.192. The maximum Gasteiger partial charge on any atom is 0.407 e. The normalized spacial score (nSPS) is 12.9. The van der Waals surface area contributed by atoms with E-state index in [1.165, 1.54) is 0 Å². The van der Waals surface area contributed by atoms with Gasteiger partial charge in [0.2, 0.25) is 5.91 Å². The zero-order valence-electron chi connectivity index (χ0n) is 18.5. The molecule has 0 bridgehead atoms. The van der Waals surface area contributed by atoms with Gasteiger partial charge in [-0.15, -0.1) is 0 Å². The minimum absolute atomic E-state index is 0.000278. The number of carboxylic acids is 1. The number of carbonyl (C=O) groups is 3. The van der Waals surface area contributed by atoms with Crippen LogP contribution in [-0.4, -0.2) is 35.7 Å². The highest BCUT2D eigenvalue weighted by Crippen LogP contribution is 2.44. The van der Waals surface area contributed by atoms with Crippen molar-refractivity contribution in [2.24, 2.45) is 0 Å². The molecule has 0 radical (unpaired) electrons. The van der Waals surface area contributed by atoms with Crippen LogP contribution in [0, 0.1) is 11.6 Å². The van der Waals surface area contributed by atoms with Crippen LogP contribution in [0.2, 0.25) is 0 Å². The van der Waals surface area contributed by atoms with Gasteiger partial charge in [0.1, 0.15) is 24.3 Å². The van der Waals surface area contributed by atoms with E-state index in [4.69, 9.17) is 9.84 Å². The van der Waals surface area contributed by atoms with E-state index in [1.807, 2.05) is 48.5 Å². The Balaban J connectivity index is 1.43. The largest absolute Gasteiger partial charge is 0.481 e. The van der Waals surface area contributed by atoms with Crippen molar-refractivity contribution in [3.8, 4) is 11.1 Å². The minimum atomic E-state index is -1.31. The quantitative estimate of drug-likeness (QED) is 0.435. The van der Waals surface area contributed by atoms with Crippen LogP contribution in [0.25, 0.3) is 11.1 Å². The predicted octanol–water partition coefficient (Wildman–Crippen LogP) is 4.68. The summed E-state index contributed by atoms with van der Waals surface area (Å²) in [4.78, 5) is 36.2. The molecule has 0 fully saturated rings. The first-order chi connectivity index (χ1) is 16.8. The van der Waals surface area contributed by atoms with Crippen molar-refractivity contribution in [1.29, 1.82) is 0 Å². The minimum Gasteiger partial charge on any atom is -0.481 e. The van der Waals surface area contributed by atoms with E-state index in [0.717, 1.165) is 34.4 Å². The van der Waals surface area contributed by atoms with Crippen molar-refractivity contribution < 1.29 is 33.0 Å². The van der Waals surface area contributed by atoms with Gasteiger partial charge in [-0.3, -0.25) is 9.59 Å². The van der Waals surface area contributed by atoms with Gasteiger partial charge in [-0.05, 0) is 40.8 Å². The van der Waals surface area contributed by atoms with Crippen molar-refractivity contribution in [3.63, 3.8) is 0 Å². The number of aliphatic carboxylic acids is 1. The third kappa shape index (κ3) is 5.46. The fourth-order valence-electron chi connectivity index (χ4n) is 4.13. The first-order valence-electron chi connectivity index (χ1n) is 10.9. The highest BCUT2D eigenvalue weighted by molar-refractivity contribution is 5.96. The number of nitrogens with one attached hydrogen (secondary N) is 2. The molecule has 0 saturated carbocycles. The molecule has 7 nitrogen and oxygen atoms in total. The molecule has 0 heterocycles. The van der Waals surface area contributed by atoms with Crippen LogP contribution in [0.3, 0.4) is 0 Å². The molecule has 180 valence electrons. The van der Waals surface area contributed by atoms with Gasteiger partial charge in [0.15, 0.2) is 0 Å². The molecular formula is C26H22F2N2O5. The molecule has 35 heavy (non-hydrogen) atoms. The molecule has 1 aliphatic carbocycles. The monoisotopic (exact) mass is 480 g/mol. The lowest BCUT2D eigenvalue weighted by atomic mass is 9.98. The first kappa shape index (κ1) is 23.9. The molecule has 1 aliphatic rings. The summed E-state index contributed by atoms with van der Waals surface area (Å²) in [6, 6.07) is 16.9. The van der Waals surface area contributed by atoms with Gasteiger partial charge in [0.05, 0.1) is 5.69 Å². The van der Waals surface area contributed by atoms with Gasteiger partial charge in [-0.2, -0.15) is 0 Å². The molecule has 0 spiro atoms. The molecule has 3 aromatic carbocycles. The number of alkyl carbamates (subject to hydrolysis) is 1. The SMILES string of the molecule is O=C(O)CCC(NC(=O)OCC1c2ccccc2-c2ccccc21)C(=O)Nc1ccc(F)cc1F. The molecule has 2 amide bonds. The molecule has 3 N–H and O–H groups in total. The lowest BCUT2D eigenvalue weighted by Gasteiger charge is -2.19. The van der Waals surface area contributed by atoms with Crippen molar-refractivity contribution in [1.82, 2.24) is 5.32 Å². The van der Waals surface area contributed by atoms with Crippen LogP contribution in [0.4, 0.5) is 19.3 Å². The summed E-state index contributed by atoms with van der Waals surface area (Å²) in [5, 5.41) is 13.6. The summed E-state index contributed by atoms with van der Waals surface area (Å²) in [5.41, 5.74) is 3.82. The molecule has 0 aromatic heterocycles. The average molecular weight is 480 g/mol. The Hall–Kier alpha value is -4.27. The maximum absolute atomic E-state index is 13.9. The number of rotatable bonds is 8. The maximum atomic E-state index is 13.9. The number of anilines is 1. The first-order valence-corrected chi connectivity index (χ1v) is 10.9. The second kappa shape index (κ2) is 10.3. The van der Waals surface area contributed by atoms with Crippen LogP contribution in [0.15, 0.2) is 66.7 Å². The molecule has 9 heteroatoms. The van der Waals surface area contributed by atoms with E-state index >= 15 is 0 Å². The highest BCUT2D eigenvalue weighted by atomic mass is 19.1. The summed E-state index contributed by atoms with van der Waals surface area (Å²) in [5.74, 6) is -4.06. The third-order valence-corrected chi connectivity index (χ3v) is 5.79. The summed E-state index contributed by atoms with van der Waals surface area (Å²) < 4.78 is 32.5. The van der Waals surface area contributed by atoms with E-state index in [1.54, 1.807) is 0 Å². The van der Waals surface area contributed by atoms with Crippen molar-refractivity contribution in [3.05, 3.63) is 89.5 Å². The number of hydrogen-bond donors (Lipinski definition) is 3. The van der Waals surface area contributed by atoms with E-state index in [2.05, 4.69) is 10.6 Å². The topological polar surface area (TPSA) is 105 Å². The third-order valence-electron chi connectivity index (χ3n) is 5.79. The molecule has 0 aliphatic heterocycles. The average Bonchev–Trinajstić information content (AvgIpc) is 3.15. The number of ether oxygens (including phenoxy) is 1. The van der Waals surface area contributed by atoms with Gasteiger partial charge in [0.25, 0.3) is 0 Å². The Labute approximate surface area is 199 Å². The van der Waals surface area contributed by atoms with E-state index < -0.39 is 42.1 Å². The van der Waals surface area contributed by atoms with E-state index in [0.29, 0.717) is 6.07 Å². The number of fused-ring (bicyclic) bond motifs is 3. The van der Waals surface area contributed by atoms with E-state index in [-0.39, 0.29) is 24.6 Å².